The van der Waals surface area contributed by atoms with Crippen LogP contribution in [0.25, 0.3) is 0 Å². The quantitative estimate of drug-likeness (QED) is 0.851. The minimum absolute atomic E-state index is 0.0566. The smallest absolute Gasteiger partial charge is 0.265 e. The Morgan fingerprint density at radius 2 is 2.35 bits per heavy atom. The standard InChI is InChI=1S/C16H21NO2S/c1-12-6-5-9-17(13(12)2)16(19)15-14(8-11-20-15)7-3-4-10-18/h8,11-13,18H,4-6,9-10H2,1-2H3. The van der Waals surface area contributed by atoms with Crippen molar-refractivity contribution in [1.82, 2.24) is 4.90 Å². The summed E-state index contributed by atoms with van der Waals surface area (Å²) in [5, 5.41) is 10.7. The molecule has 2 atom stereocenters. The second-order valence-electron chi connectivity index (χ2n) is 5.30. The van der Waals surface area contributed by atoms with E-state index >= 15 is 0 Å². The van der Waals surface area contributed by atoms with Crippen LogP contribution in [0.2, 0.25) is 0 Å². The predicted octanol–water partition coefficient (Wildman–Crippen LogP) is 2.74. The molecule has 1 aliphatic rings. The molecule has 2 heterocycles. The molecule has 0 radical (unpaired) electrons. The Morgan fingerprint density at radius 1 is 1.55 bits per heavy atom. The molecule has 1 saturated heterocycles. The van der Waals surface area contributed by atoms with Gasteiger partial charge in [-0.25, -0.2) is 0 Å². The van der Waals surface area contributed by atoms with Gasteiger partial charge < -0.3 is 10.0 Å². The number of nitrogens with zero attached hydrogens (tertiary/aromatic N) is 1. The third kappa shape index (κ3) is 3.23. The number of carbonyl (C=O) groups excluding carboxylic acids is 1. The van der Waals surface area contributed by atoms with E-state index in [-0.39, 0.29) is 18.6 Å². The molecule has 1 fully saturated rings. The van der Waals surface area contributed by atoms with Crippen LogP contribution < -0.4 is 0 Å². The van der Waals surface area contributed by atoms with Crippen molar-refractivity contribution in [3.8, 4) is 11.8 Å². The third-order valence-corrected chi connectivity index (χ3v) is 4.86. The molecular weight excluding hydrogens is 270 g/mol. The number of aliphatic hydroxyl groups excluding tert-OH is 1. The monoisotopic (exact) mass is 291 g/mol. The summed E-state index contributed by atoms with van der Waals surface area (Å²) in [7, 11) is 0. The van der Waals surface area contributed by atoms with Crippen LogP contribution in [0.15, 0.2) is 11.4 Å². The van der Waals surface area contributed by atoms with Gasteiger partial charge in [-0.1, -0.05) is 18.8 Å². The van der Waals surface area contributed by atoms with Crippen LogP contribution in [0.4, 0.5) is 0 Å². The zero-order chi connectivity index (χ0) is 14.5. The summed E-state index contributed by atoms with van der Waals surface area (Å²) in [5.41, 5.74) is 0.791. The van der Waals surface area contributed by atoms with Crippen LogP contribution >= 0.6 is 11.3 Å². The number of hydrogen-bond acceptors (Lipinski definition) is 3. The van der Waals surface area contributed by atoms with Gasteiger partial charge in [-0.05, 0) is 37.1 Å². The van der Waals surface area contributed by atoms with Crippen molar-refractivity contribution < 1.29 is 9.90 Å². The van der Waals surface area contributed by atoms with E-state index in [2.05, 4.69) is 25.7 Å². The molecule has 0 aromatic carbocycles. The summed E-state index contributed by atoms with van der Waals surface area (Å²) in [6, 6.07) is 2.18. The lowest BCUT2D eigenvalue weighted by Crippen LogP contribution is -2.45. The number of likely N-dealkylation sites (tertiary alicyclic amines) is 1. The number of aliphatic hydroxyl groups is 1. The fourth-order valence-corrected chi connectivity index (χ4v) is 3.34. The number of carbonyl (C=O) groups is 1. The minimum Gasteiger partial charge on any atom is -0.395 e. The molecule has 1 aliphatic heterocycles. The summed E-state index contributed by atoms with van der Waals surface area (Å²) < 4.78 is 0. The first kappa shape index (κ1) is 15.1. The Balaban J connectivity index is 2.17. The van der Waals surface area contributed by atoms with Gasteiger partial charge in [0.25, 0.3) is 5.91 Å². The summed E-state index contributed by atoms with van der Waals surface area (Å²) in [6.45, 7) is 5.24. The van der Waals surface area contributed by atoms with Crippen LogP contribution in [0.5, 0.6) is 0 Å². The van der Waals surface area contributed by atoms with Crippen LogP contribution in [0.3, 0.4) is 0 Å². The average Bonchev–Trinajstić information content (AvgIpc) is 2.90. The highest BCUT2D eigenvalue weighted by atomic mass is 32.1. The van der Waals surface area contributed by atoms with Gasteiger partial charge in [-0.2, -0.15) is 0 Å². The highest BCUT2D eigenvalue weighted by Crippen LogP contribution is 2.27. The molecule has 0 aliphatic carbocycles. The van der Waals surface area contributed by atoms with Crippen molar-refractivity contribution in [3.63, 3.8) is 0 Å². The van der Waals surface area contributed by atoms with Gasteiger partial charge in [0, 0.05) is 24.6 Å². The van der Waals surface area contributed by atoms with Crippen LogP contribution in [-0.2, 0) is 0 Å². The molecule has 0 spiro atoms. The maximum Gasteiger partial charge on any atom is 0.265 e. The number of piperidine rings is 1. The van der Waals surface area contributed by atoms with Crippen molar-refractivity contribution in [3.05, 3.63) is 21.9 Å². The van der Waals surface area contributed by atoms with Crippen molar-refractivity contribution in [2.24, 2.45) is 5.92 Å². The molecule has 1 N–H and O–H groups in total. The first-order valence-corrected chi connectivity index (χ1v) is 8.01. The molecule has 108 valence electrons. The summed E-state index contributed by atoms with van der Waals surface area (Å²) in [4.78, 5) is 15.4. The topological polar surface area (TPSA) is 40.5 Å². The lowest BCUT2D eigenvalue weighted by Gasteiger charge is -2.37. The molecule has 4 heteroatoms. The Labute approximate surface area is 124 Å². The van der Waals surface area contributed by atoms with E-state index in [4.69, 9.17) is 5.11 Å². The lowest BCUT2D eigenvalue weighted by atomic mass is 9.92. The fraction of sp³-hybridized carbons (Fsp3) is 0.562. The number of amides is 1. The Hall–Kier alpha value is -1.31. The van der Waals surface area contributed by atoms with Crippen molar-refractivity contribution in [1.29, 1.82) is 0 Å². The van der Waals surface area contributed by atoms with Gasteiger partial charge in [0.05, 0.1) is 6.61 Å². The van der Waals surface area contributed by atoms with E-state index in [9.17, 15) is 4.79 Å². The third-order valence-electron chi connectivity index (χ3n) is 3.95. The van der Waals surface area contributed by atoms with Crippen LogP contribution in [0.1, 0.15) is 48.3 Å². The Kier molecular flexibility index (Phi) is 5.22. The fourth-order valence-electron chi connectivity index (χ4n) is 2.54. The lowest BCUT2D eigenvalue weighted by molar-refractivity contribution is 0.0556. The molecule has 0 saturated carbocycles. The van der Waals surface area contributed by atoms with Gasteiger partial charge in [-0.15, -0.1) is 11.3 Å². The number of rotatable bonds is 2. The number of thiophene rings is 1. The molecule has 1 aromatic rings. The van der Waals surface area contributed by atoms with Crippen molar-refractivity contribution >= 4 is 17.2 Å². The maximum atomic E-state index is 12.7. The Bertz CT molecular complexity index is 526. The first-order valence-electron chi connectivity index (χ1n) is 7.13. The molecule has 1 amide bonds. The summed E-state index contributed by atoms with van der Waals surface area (Å²) >= 11 is 1.46. The summed E-state index contributed by atoms with van der Waals surface area (Å²) in [6.07, 6.45) is 2.72. The molecule has 2 rings (SSSR count). The molecule has 3 nitrogen and oxygen atoms in total. The van der Waals surface area contributed by atoms with Gasteiger partial charge in [0.2, 0.25) is 0 Å². The highest BCUT2D eigenvalue weighted by molar-refractivity contribution is 7.12. The van der Waals surface area contributed by atoms with E-state index < -0.39 is 0 Å². The van der Waals surface area contributed by atoms with Gasteiger partial charge >= 0.3 is 0 Å². The maximum absolute atomic E-state index is 12.7. The second kappa shape index (κ2) is 6.92. The largest absolute Gasteiger partial charge is 0.395 e. The SMILES string of the molecule is CC1CCCN(C(=O)c2sccc2C#CCCO)C1C. The van der Waals surface area contributed by atoms with E-state index in [1.54, 1.807) is 0 Å². The zero-order valence-corrected chi connectivity index (χ0v) is 12.9. The van der Waals surface area contributed by atoms with E-state index in [1.807, 2.05) is 16.3 Å². The van der Waals surface area contributed by atoms with Gasteiger partial charge in [0.15, 0.2) is 0 Å². The zero-order valence-electron chi connectivity index (χ0n) is 12.1. The van der Waals surface area contributed by atoms with Crippen molar-refractivity contribution in [2.75, 3.05) is 13.2 Å². The highest BCUT2D eigenvalue weighted by Gasteiger charge is 2.30. The predicted molar refractivity (Wildman–Crippen MR) is 81.8 cm³/mol. The van der Waals surface area contributed by atoms with Crippen LogP contribution in [-0.4, -0.2) is 35.1 Å². The van der Waals surface area contributed by atoms with E-state index in [1.165, 1.54) is 17.8 Å². The normalized spacial score (nSPS) is 22.2. The molecule has 1 aromatic heterocycles. The molecule has 0 bridgehead atoms. The second-order valence-corrected chi connectivity index (χ2v) is 6.21. The Morgan fingerprint density at radius 3 is 3.10 bits per heavy atom. The van der Waals surface area contributed by atoms with Crippen molar-refractivity contribution in [2.45, 2.75) is 39.2 Å². The van der Waals surface area contributed by atoms with E-state index in [0.29, 0.717) is 12.3 Å². The average molecular weight is 291 g/mol. The van der Waals surface area contributed by atoms with E-state index in [0.717, 1.165) is 23.4 Å². The van der Waals surface area contributed by atoms with Gasteiger partial charge in [-0.3, -0.25) is 4.79 Å². The summed E-state index contributed by atoms with van der Waals surface area (Å²) in [5.74, 6) is 6.54. The first-order chi connectivity index (χ1) is 9.65. The van der Waals surface area contributed by atoms with Crippen LogP contribution in [0, 0.1) is 17.8 Å². The molecule has 2 unspecified atom stereocenters. The molecule has 20 heavy (non-hydrogen) atoms. The minimum atomic E-state index is 0.0566. The number of hydrogen-bond donors (Lipinski definition) is 1. The molecular formula is C16H21NO2S. The van der Waals surface area contributed by atoms with Gasteiger partial charge in [0.1, 0.15) is 4.88 Å².